The van der Waals surface area contributed by atoms with Gasteiger partial charge in [0.05, 0.1) is 9.90 Å². The van der Waals surface area contributed by atoms with Crippen molar-refractivity contribution >= 4 is 39.6 Å². The zero-order chi connectivity index (χ0) is 15.2. The van der Waals surface area contributed by atoms with Crippen molar-refractivity contribution in [3.05, 3.63) is 52.7 Å². The van der Waals surface area contributed by atoms with Gasteiger partial charge in [0.1, 0.15) is 0 Å². The van der Waals surface area contributed by atoms with Crippen LogP contribution in [0.4, 0.5) is 5.13 Å². The highest BCUT2D eigenvalue weighted by molar-refractivity contribution is 8.00. The number of aromatic nitrogens is 1. The minimum atomic E-state index is 0.959. The van der Waals surface area contributed by atoms with E-state index in [0.29, 0.717) is 0 Å². The molecular formula is C17H18N2S3. The van der Waals surface area contributed by atoms with Crippen LogP contribution in [0.5, 0.6) is 0 Å². The molecule has 1 N–H and O–H groups in total. The zero-order valence-corrected chi connectivity index (χ0v) is 14.9. The summed E-state index contributed by atoms with van der Waals surface area (Å²) >= 11 is 5.25. The number of benzene rings is 1. The fourth-order valence-corrected chi connectivity index (χ4v) is 4.57. The second-order valence-electron chi connectivity index (χ2n) is 4.88. The molecule has 0 amide bonds. The minimum absolute atomic E-state index is 0.959. The van der Waals surface area contributed by atoms with Crippen LogP contribution in [-0.2, 0) is 6.42 Å². The van der Waals surface area contributed by atoms with E-state index in [1.54, 1.807) is 34.4 Å². The summed E-state index contributed by atoms with van der Waals surface area (Å²) in [6, 6.07) is 12.8. The van der Waals surface area contributed by atoms with E-state index in [9.17, 15) is 0 Å². The molecule has 5 heteroatoms. The first-order valence-corrected chi connectivity index (χ1v) is 10.2. The number of hydrogen-bond acceptors (Lipinski definition) is 5. The van der Waals surface area contributed by atoms with Gasteiger partial charge in [0.2, 0.25) is 0 Å². The van der Waals surface area contributed by atoms with E-state index in [-0.39, 0.29) is 0 Å². The van der Waals surface area contributed by atoms with Gasteiger partial charge >= 0.3 is 0 Å². The molecule has 0 bridgehead atoms. The number of hydrogen-bond donors (Lipinski definition) is 1. The van der Waals surface area contributed by atoms with E-state index in [1.807, 2.05) is 0 Å². The molecule has 0 aliphatic rings. The molecule has 1 aromatic carbocycles. The van der Waals surface area contributed by atoms with Crippen molar-refractivity contribution < 1.29 is 0 Å². The number of nitrogens with zero attached hydrogens (tertiary/aromatic N) is 1. The van der Waals surface area contributed by atoms with Crippen LogP contribution in [0, 0.1) is 0 Å². The average molecular weight is 347 g/mol. The largest absolute Gasteiger partial charge is 0.361 e. The van der Waals surface area contributed by atoms with E-state index >= 15 is 0 Å². The molecule has 2 aromatic heterocycles. The molecule has 0 unspecified atom stereocenters. The fraction of sp³-hybridized carbons (Fsp3) is 0.235. The second kappa shape index (κ2) is 7.81. The maximum absolute atomic E-state index is 4.71. The first kappa shape index (κ1) is 15.6. The number of thiazole rings is 1. The highest BCUT2D eigenvalue weighted by atomic mass is 32.2. The Morgan fingerprint density at radius 2 is 2.00 bits per heavy atom. The molecule has 114 valence electrons. The Labute approximate surface area is 143 Å². The molecule has 0 fully saturated rings. The Balaban J connectivity index is 1.52. The maximum Gasteiger partial charge on any atom is 0.183 e. The number of thiophene rings is 1. The quantitative estimate of drug-likeness (QED) is 0.443. The van der Waals surface area contributed by atoms with Gasteiger partial charge in [-0.05, 0) is 36.1 Å². The molecule has 0 aliphatic carbocycles. The van der Waals surface area contributed by atoms with Crippen LogP contribution in [0.25, 0.3) is 11.3 Å². The first-order valence-electron chi connectivity index (χ1n) is 7.22. The van der Waals surface area contributed by atoms with Crippen molar-refractivity contribution in [1.82, 2.24) is 4.98 Å². The number of aryl methyl sites for hydroxylation is 1. The maximum atomic E-state index is 4.71. The molecule has 3 rings (SSSR count). The molecule has 0 radical (unpaired) electrons. The molecule has 0 saturated carbocycles. The first-order chi connectivity index (χ1) is 10.9. The van der Waals surface area contributed by atoms with Gasteiger partial charge in [-0.25, -0.2) is 4.98 Å². The summed E-state index contributed by atoms with van der Waals surface area (Å²) in [5, 5.41) is 8.73. The normalized spacial score (nSPS) is 10.8. The highest BCUT2D eigenvalue weighted by Gasteiger charge is 2.09. The average Bonchev–Trinajstić information content (AvgIpc) is 3.21. The predicted molar refractivity (Wildman–Crippen MR) is 100 cm³/mol. The molecule has 3 aromatic rings. The van der Waals surface area contributed by atoms with Crippen LogP contribution in [-0.4, -0.2) is 17.8 Å². The van der Waals surface area contributed by atoms with Crippen molar-refractivity contribution in [2.24, 2.45) is 0 Å². The van der Waals surface area contributed by atoms with E-state index in [4.69, 9.17) is 4.98 Å². The van der Waals surface area contributed by atoms with Crippen LogP contribution >= 0.6 is 34.4 Å². The molecule has 2 nitrogen and oxygen atoms in total. The molecule has 0 spiro atoms. The number of thioether (sulfide) groups is 1. The standard InChI is InChI=1S/C17H18N2S3/c1-20-16-14(9-11-21-16)15-12-22-17(19-15)18-10-5-8-13-6-3-2-4-7-13/h2-4,6-7,9,11-12H,5,8,10H2,1H3,(H,18,19). The summed E-state index contributed by atoms with van der Waals surface area (Å²) < 4.78 is 1.33. The second-order valence-corrected chi connectivity index (χ2v) is 7.73. The Morgan fingerprint density at radius 1 is 1.14 bits per heavy atom. The van der Waals surface area contributed by atoms with Crippen molar-refractivity contribution in [2.75, 3.05) is 18.1 Å². The van der Waals surface area contributed by atoms with Gasteiger partial charge in [0, 0.05) is 17.5 Å². The van der Waals surface area contributed by atoms with Crippen LogP contribution in [0.3, 0.4) is 0 Å². The lowest BCUT2D eigenvalue weighted by Crippen LogP contribution is -2.02. The third-order valence-corrected chi connectivity index (χ3v) is 6.24. The van der Waals surface area contributed by atoms with Crippen molar-refractivity contribution in [1.29, 1.82) is 0 Å². The summed E-state index contributed by atoms with van der Waals surface area (Å²) in [5.41, 5.74) is 3.74. The van der Waals surface area contributed by atoms with E-state index in [2.05, 4.69) is 58.7 Å². The number of nitrogens with one attached hydrogen (secondary N) is 1. The van der Waals surface area contributed by atoms with Gasteiger partial charge in [-0.1, -0.05) is 30.3 Å². The van der Waals surface area contributed by atoms with E-state index in [0.717, 1.165) is 30.2 Å². The molecule has 0 aliphatic heterocycles. The molecule has 2 heterocycles. The molecular weight excluding hydrogens is 328 g/mol. The van der Waals surface area contributed by atoms with Crippen LogP contribution in [0.15, 0.2) is 51.4 Å². The smallest absolute Gasteiger partial charge is 0.183 e. The zero-order valence-electron chi connectivity index (χ0n) is 12.4. The monoisotopic (exact) mass is 346 g/mol. The van der Waals surface area contributed by atoms with Crippen LogP contribution in [0.2, 0.25) is 0 Å². The van der Waals surface area contributed by atoms with Gasteiger partial charge in [0.15, 0.2) is 5.13 Å². The van der Waals surface area contributed by atoms with Gasteiger partial charge in [-0.15, -0.1) is 34.4 Å². The lowest BCUT2D eigenvalue weighted by Gasteiger charge is -2.03. The lowest BCUT2D eigenvalue weighted by molar-refractivity contribution is 0.862. The van der Waals surface area contributed by atoms with Crippen LogP contribution in [0.1, 0.15) is 12.0 Å². The van der Waals surface area contributed by atoms with E-state index < -0.39 is 0 Å². The number of rotatable bonds is 7. The molecule has 0 saturated heterocycles. The van der Waals surface area contributed by atoms with Crippen molar-refractivity contribution in [2.45, 2.75) is 17.1 Å². The Hall–Kier alpha value is -1.30. The third-order valence-electron chi connectivity index (χ3n) is 3.36. The SMILES string of the molecule is CSc1sccc1-c1csc(NCCCc2ccccc2)n1. The van der Waals surface area contributed by atoms with Gasteiger partial charge in [-0.2, -0.15) is 0 Å². The predicted octanol–water partition coefficient (Wildman–Crippen LogP) is 5.64. The Morgan fingerprint density at radius 3 is 2.82 bits per heavy atom. The summed E-state index contributed by atoms with van der Waals surface area (Å²) in [4.78, 5) is 4.71. The number of anilines is 1. The fourth-order valence-electron chi connectivity index (χ4n) is 2.25. The topological polar surface area (TPSA) is 24.9 Å². The minimum Gasteiger partial charge on any atom is -0.361 e. The summed E-state index contributed by atoms with van der Waals surface area (Å²) in [6.45, 7) is 0.959. The van der Waals surface area contributed by atoms with Crippen molar-refractivity contribution in [3.63, 3.8) is 0 Å². The third kappa shape index (κ3) is 3.91. The molecule has 0 atom stereocenters. The highest BCUT2D eigenvalue weighted by Crippen LogP contribution is 2.36. The summed E-state index contributed by atoms with van der Waals surface area (Å²) in [5.74, 6) is 0. The molecule has 22 heavy (non-hydrogen) atoms. The van der Waals surface area contributed by atoms with E-state index in [1.165, 1.54) is 15.3 Å². The summed E-state index contributed by atoms with van der Waals surface area (Å²) in [6.07, 6.45) is 4.34. The Bertz CT molecular complexity index is 704. The van der Waals surface area contributed by atoms with Gasteiger partial charge in [0.25, 0.3) is 0 Å². The van der Waals surface area contributed by atoms with Crippen molar-refractivity contribution in [3.8, 4) is 11.3 Å². The lowest BCUT2D eigenvalue weighted by atomic mass is 10.1. The van der Waals surface area contributed by atoms with Gasteiger partial charge in [-0.3, -0.25) is 0 Å². The van der Waals surface area contributed by atoms with Gasteiger partial charge < -0.3 is 5.32 Å². The Kier molecular flexibility index (Phi) is 5.53. The van der Waals surface area contributed by atoms with Crippen LogP contribution < -0.4 is 5.32 Å². The summed E-state index contributed by atoms with van der Waals surface area (Å²) in [7, 11) is 0.